The Hall–Kier alpha value is -1.69. The van der Waals surface area contributed by atoms with Crippen LogP contribution in [-0.2, 0) is 11.2 Å². The van der Waals surface area contributed by atoms with Gasteiger partial charge in [-0.3, -0.25) is 4.79 Å². The van der Waals surface area contributed by atoms with Crippen LogP contribution in [0.2, 0.25) is 0 Å². The van der Waals surface area contributed by atoms with E-state index in [1.54, 1.807) is 20.8 Å². The molecule has 0 atom stereocenters. The van der Waals surface area contributed by atoms with Crippen LogP contribution < -0.4 is 5.56 Å². The fourth-order valence-electron chi connectivity index (χ4n) is 1.82. The van der Waals surface area contributed by atoms with Crippen molar-refractivity contribution in [3.05, 3.63) is 26.6 Å². The molecular weight excluding hydrogens is 264 g/mol. The minimum absolute atomic E-state index is 0.186. The van der Waals surface area contributed by atoms with Gasteiger partial charge in [0.1, 0.15) is 15.5 Å². The number of aryl methyl sites for hydroxylation is 2. The van der Waals surface area contributed by atoms with Gasteiger partial charge in [-0.15, -0.1) is 11.3 Å². The molecule has 0 amide bonds. The van der Waals surface area contributed by atoms with Crippen LogP contribution in [0.4, 0.5) is 0 Å². The van der Waals surface area contributed by atoms with Crippen molar-refractivity contribution in [1.82, 2.24) is 9.97 Å². The SMILES string of the molecule is CCc1nc2sc(C(=O)OC(C)C)c(C)c2c(=O)[nH]1. The molecule has 2 heterocycles. The smallest absolute Gasteiger partial charge is 0.348 e. The number of aromatic nitrogens is 2. The predicted octanol–water partition coefficient (Wildman–Crippen LogP) is 2.42. The highest BCUT2D eigenvalue weighted by Crippen LogP contribution is 2.27. The van der Waals surface area contributed by atoms with Crippen LogP contribution in [-0.4, -0.2) is 22.0 Å². The van der Waals surface area contributed by atoms with Crippen LogP contribution in [0, 0.1) is 6.92 Å². The second kappa shape index (κ2) is 5.13. The van der Waals surface area contributed by atoms with Gasteiger partial charge in [0.2, 0.25) is 0 Å². The van der Waals surface area contributed by atoms with Crippen molar-refractivity contribution in [1.29, 1.82) is 0 Å². The van der Waals surface area contributed by atoms with E-state index in [2.05, 4.69) is 9.97 Å². The molecule has 0 fully saturated rings. The Bertz CT molecular complexity index is 685. The predicted molar refractivity (Wildman–Crippen MR) is 74.9 cm³/mol. The van der Waals surface area contributed by atoms with E-state index in [-0.39, 0.29) is 11.7 Å². The van der Waals surface area contributed by atoms with Crippen molar-refractivity contribution in [2.75, 3.05) is 0 Å². The number of thiophene rings is 1. The number of nitrogens with one attached hydrogen (secondary N) is 1. The molecule has 0 radical (unpaired) electrons. The standard InChI is InChI=1S/C13H16N2O3S/c1-5-8-14-11(16)9-7(4)10(19-12(9)15-8)13(17)18-6(2)3/h6H,5H2,1-4H3,(H,14,15,16). The molecule has 0 saturated heterocycles. The second-order valence-corrected chi connectivity index (χ2v) is 5.56. The lowest BCUT2D eigenvalue weighted by atomic mass is 10.2. The molecule has 1 N–H and O–H groups in total. The lowest BCUT2D eigenvalue weighted by Crippen LogP contribution is -2.12. The van der Waals surface area contributed by atoms with Crippen molar-refractivity contribution >= 4 is 27.5 Å². The van der Waals surface area contributed by atoms with E-state index < -0.39 is 5.97 Å². The number of aromatic amines is 1. The van der Waals surface area contributed by atoms with Crippen molar-refractivity contribution < 1.29 is 9.53 Å². The maximum Gasteiger partial charge on any atom is 0.348 e. The molecule has 0 aliphatic carbocycles. The first-order valence-corrected chi connectivity index (χ1v) is 6.99. The average Bonchev–Trinajstić information content (AvgIpc) is 2.66. The summed E-state index contributed by atoms with van der Waals surface area (Å²) < 4.78 is 5.17. The first-order valence-electron chi connectivity index (χ1n) is 6.17. The fourth-order valence-corrected chi connectivity index (χ4v) is 2.90. The Labute approximate surface area is 114 Å². The summed E-state index contributed by atoms with van der Waals surface area (Å²) in [4.78, 5) is 32.1. The van der Waals surface area contributed by atoms with Gasteiger partial charge in [0.05, 0.1) is 11.5 Å². The molecule has 102 valence electrons. The summed E-state index contributed by atoms with van der Waals surface area (Å²) in [6.07, 6.45) is 0.461. The number of hydrogen-bond acceptors (Lipinski definition) is 5. The summed E-state index contributed by atoms with van der Waals surface area (Å²) in [6, 6.07) is 0. The highest BCUT2D eigenvalue weighted by molar-refractivity contribution is 7.20. The van der Waals surface area contributed by atoms with Crippen molar-refractivity contribution in [2.24, 2.45) is 0 Å². The highest BCUT2D eigenvalue weighted by Gasteiger charge is 2.20. The van der Waals surface area contributed by atoms with Crippen molar-refractivity contribution in [2.45, 2.75) is 40.2 Å². The molecule has 0 aliphatic heterocycles. The maximum absolute atomic E-state index is 12.0. The minimum atomic E-state index is -0.395. The molecule has 2 aromatic rings. The summed E-state index contributed by atoms with van der Waals surface area (Å²) >= 11 is 1.21. The molecule has 0 aromatic carbocycles. The number of carbonyl (C=O) groups is 1. The zero-order valence-corrected chi connectivity index (χ0v) is 12.2. The summed E-state index contributed by atoms with van der Waals surface area (Å²) in [6.45, 7) is 7.25. The first kappa shape index (κ1) is 13.7. The molecule has 19 heavy (non-hydrogen) atoms. The van der Waals surface area contributed by atoms with Gasteiger partial charge in [-0.05, 0) is 26.3 Å². The molecule has 2 rings (SSSR count). The van der Waals surface area contributed by atoms with Gasteiger partial charge in [-0.25, -0.2) is 9.78 Å². The van der Waals surface area contributed by atoms with E-state index in [1.165, 1.54) is 11.3 Å². The number of carbonyl (C=O) groups excluding carboxylic acids is 1. The van der Waals surface area contributed by atoms with Crippen LogP contribution in [0.15, 0.2) is 4.79 Å². The number of ether oxygens (including phenoxy) is 1. The molecule has 2 aromatic heterocycles. The van der Waals surface area contributed by atoms with E-state index in [4.69, 9.17) is 4.74 Å². The number of esters is 1. The molecule has 0 saturated carbocycles. The van der Waals surface area contributed by atoms with Crippen LogP contribution >= 0.6 is 11.3 Å². The summed E-state index contributed by atoms with van der Waals surface area (Å²) in [5.74, 6) is 0.232. The van der Waals surface area contributed by atoms with Crippen LogP contribution in [0.3, 0.4) is 0 Å². The molecule has 0 bridgehead atoms. The van der Waals surface area contributed by atoms with Gasteiger partial charge in [0, 0.05) is 6.42 Å². The zero-order chi connectivity index (χ0) is 14.2. The molecular formula is C13H16N2O3S. The molecule has 0 unspecified atom stereocenters. The number of nitrogens with zero attached hydrogens (tertiary/aromatic N) is 1. The van der Waals surface area contributed by atoms with Gasteiger partial charge < -0.3 is 9.72 Å². The van der Waals surface area contributed by atoms with Crippen molar-refractivity contribution in [3.8, 4) is 0 Å². The second-order valence-electron chi connectivity index (χ2n) is 4.56. The van der Waals surface area contributed by atoms with Gasteiger partial charge >= 0.3 is 5.97 Å². The third-order valence-electron chi connectivity index (χ3n) is 2.71. The number of H-pyrrole nitrogens is 1. The Morgan fingerprint density at radius 3 is 2.74 bits per heavy atom. The van der Waals surface area contributed by atoms with E-state index in [9.17, 15) is 9.59 Å². The Kier molecular flexibility index (Phi) is 3.71. The lowest BCUT2D eigenvalue weighted by molar-refractivity contribution is 0.0383. The quantitative estimate of drug-likeness (QED) is 0.876. The Morgan fingerprint density at radius 2 is 2.16 bits per heavy atom. The first-order chi connectivity index (χ1) is 8.93. The molecule has 0 spiro atoms. The average molecular weight is 280 g/mol. The van der Waals surface area contributed by atoms with E-state index in [0.717, 1.165) is 0 Å². The normalized spacial score (nSPS) is 11.2. The number of hydrogen-bond donors (Lipinski definition) is 1. The number of rotatable bonds is 3. The van der Waals surface area contributed by atoms with E-state index >= 15 is 0 Å². The monoisotopic (exact) mass is 280 g/mol. The molecule has 5 nitrogen and oxygen atoms in total. The van der Waals surface area contributed by atoms with Crippen LogP contribution in [0.25, 0.3) is 10.2 Å². The van der Waals surface area contributed by atoms with Crippen molar-refractivity contribution in [3.63, 3.8) is 0 Å². The van der Waals surface area contributed by atoms with Gasteiger partial charge in [-0.2, -0.15) is 0 Å². The van der Waals surface area contributed by atoms with Gasteiger partial charge in [0.25, 0.3) is 5.56 Å². The van der Waals surface area contributed by atoms with Crippen LogP contribution in [0.5, 0.6) is 0 Å². The van der Waals surface area contributed by atoms with E-state index in [0.29, 0.717) is 32.9 Å². The Balaban J connectivity index is 2.60. The largest absolute Gasteiger partial charge is 0.459 e. The fraction of sp³-hybridized carbons (Fsp3) is 0.462. The third-order valence-corrected chi connectivity index (χ3v) is 3.88. The van der Waals surface area contributed by atoms with Gasteiger partial charge in [-0.1, -0.05) is 6.92 Å². The highest BCUT2D eigenvalue weighted by atomic mass is 32.1. The van der Waals surface area contributed by atoms with Crippen LogP contribution in [0.1, 0.15) is 41.8 Å². The maximum atomic E-state index is 12.0. The number of fused-ring (bicyclic) bond motifs is 1. The van der Waals surface area contributed by atoms with E-state index in [1.807, 2.05) is 6.92 Å². The minimum Gasteiger partial charge on any atom is -0.459 e. The summed E-state index contributed by atoms with van der Waals surface area (Å²) in [7, 11) is 0. The third kappa shape index (κ3) is 2.53. The lowest BCUT2D eigenvalue weighted by Gasteiger charge is -2.06. The Morgan fingerprint density at radius 1 is 1.47 bits per heavy atom. The van der Waals surface area contributed by atoms with Gasteiger partial charge in [0.15, 0.2) is 0 Å². The zero-order valence-electron chi connectivity index (χ0n) is 11.4. The summed E-state index contributed by atoms with van der Waals surface area (Å²) in [5.41, 5.74) is 0.446. The topological polar surface area (TPSA) is 72.0 Å². The molecule has 6 heteroatoms. The summed E-state index contributed by atoms with van der Waals surface area (Å²) in [5, 5.41) is 0.484. The molecule has 0 aliphatic rings.